The molecule has 0 bridgehead atoms. The molecule has 0 spiro atoms. The van der Waals surface area contributed by atoms with Crippen LogP contribution in [0.25, 0.3) is 0 Å². The molecule has 0 aliphatic rings. The SMILES string of the molecule is NCc1ccc(S(=O)(=O)c2ncccn2)cc1. The highest BCUT2D eigenvalue weighted by Gasteiger charge is 2.19. The Labute approximate surface area is 99.3 Å². The van der Waals surface area contributed by atoms with Gasteiger partial charge in [0, 0.05) is 18.9 Å². The van der Waals surface area contributed by atoms with E-state index in [4.69, 9.17) is 5.73 Å². The van der Waals surface area contributed by atoms with Gasteiger partial charge in [-0.25, -0.2) is 18.4 Å². The van der Waals surface area contributed by atoms with Crippen molar-refractivity contribution >= 4 is 9.84 Å². The van der Waals surface area contributed by atoms with E-state index in [0.29, 0.717) is 6.54 Å². The highest BCUT2D eigenvalue weighted by atomic mass is 32.2. The predicted molar refractivity (Wildman–Crippen MR) is 61.8 cm³/mol. The molecule has 17 heavy (non-hydrogen) atoms. The first-order chi connectivity index (χ1) is 8.14. The van der Waals surface area contributed by atoms with Gasteiger partial charge in [-0.05, 0) is 23.8 Å². The van der Waals surface area contributed by atoms with Crippen LogP contribution in [0.15, 0.2) is 52.8 Å². The van der Waals surface area contributed by atoms with E-state index < -0.39 is 9.84 Å². The second kappa shape index (κ2) is 4.60. The van der Waals surface area contributed by atoms with E-state index in [9.17, 15) is 8.42 Å². The molecule has 5 nitrogen and oxygen atoms in total. The molecule has 0 aliphatic carbocycles. The Morgan fingerprint density at radius 1 is 1.06 bits per heavy atom. The first-order valence-electron chi connectivity index (χ1n) is 4.96. The summed E-state index contributed by atoms with van der Waals surface area (Å²) in [4.78, 5) is 7.66. The van der Waals surface area contributed by atoms with Crippen molar-refractivity contribution in [2.75, 3.05) is 0 Å². The molecule has 0 atom stereocenters. The summed E-state index contributed by atoms with van der Waals surface area (Å²) in [6, 6.07) is 7.93. The van der Waals surface area contributed by atoms with Crippen molar-refractivity contribution in [2.24, 2.45) is 5.73 Å². The Hall–Kier alpha value is -1.79. The number of nitrogens with zero attached hydrogens (tertiary/aromatic N) is 2. The van der Waals surface area contributed by atoms with Gasteiger partial charge in [0.15, 0.2) is 0 Å². The predicted octanol–water partition coefficient (Wildman–Crippen LogP) is 0.768. The summed E-state index contributed by atoms with van der Waals surface area (Å²) in [6.45, 7) is 0.377. The van der Waals surface area contributed by atoms with Crippen molar-refractivity contribution < 1.29 is 8.42 Å². The van der Waals surface area contributed by atoms with Gasteiger partial charge in [-0.2, -0.15) is 0 Å². The third kappa shape index (κ3) is 2.32. The summed E-state index contributed by atoms with van der Waals surface area (Å²) in [5, 5.41) is -0.194. The van der Waals surface area contributed by atoms with Crippen LogP contribution in [0.4, 0.5) is 0 Å². The Kier molecular flexibility index (Phi) is 3.16. The van der Waals surface area contributed by atoms with E-state index in [1.165, 1.54) is 24.5 Å². The maximum Gasteiger partial charge on any atom is 0.251 e. The summed E-state index contributed by atoms with van der Waals surface area (Å²) >= 11 is 0. The minimum atomic E-state index is -3.63. The van der Waals surface area contributed by atoms with Gasteiger partial charge < -0.3 is 5.73 Å². The normalized spacial score (nSPS) is 11.4. The molecule has 0 saturated carbocycles. The average molecular weight is 249 g/mol. The Morgan fingerprint density at radius 2 is 1.65 bits per heavy atom. The standard InChI is InChI=1S/C11H11N3O2S/c12-8-9-2-4-10(5-3-9)17(15,16)11-13-6-1-7-14-11/h1-7H,8,12H2. The van der Waals surface area contributed by atoms with Gasteiger partial charge >= 0.3 is 0 Å². The second-order valence-electron chi connectivity index (χ2n) is 3.38. The molecule has 0 aliphatic heterocycles. The largest absolute Gasteiger partial charge is 0.326 e. The molecule has 0 saturated heterocycles. The van der Waals surface area contributed by atoms with Crippen LogP contribution in [0, 0.1) is 0 Å². The molecule has 1 heterocycles. The summed E-state index contributed by atoms with van der Waals surface area (Å²) in [5.74, 6) is 0. The first-order valence-corrected chi connectivity index (χ1v) is 6.44. The molecule has 0 amide bonds. The van der Waals surface area contributed by atoms with Crippen LogP contribution in [0.1, 0.15) is 5.56 Å². The maximum atomic E-state index is 12.1. The molecular formula is C11H11N3O2S. The average Bonchev–Trinajstić information content (AvgIpc) is 2.40. The molecule has 1 aromatic carbocycles. The minimum absolute atomic E-state index is 0.168. The van der Waals surface area contributed by atoms with Gasteiger partial charge in [-0.3, -0.25) is 0 Å². The van der Waals surface area contributed by atoms with Gasteiger partial charge in [0.05, 0.1) is 4.90 Å². The van der Waals surface area contributed by atoms with Gasteiger partial charge in [0.1, 0.15) is 0 Å². The van der Waals surface area contributed by atoms with Crippen LogP contribution in [0.5, 0.6) is 0 Å². The fraction of sp³-hybridized carbons (Fsp3) is 0.0909. The van der Waals surface area contributed by atoms with Crippen LogP contribution in [0.3, 0.4) is 0 Å². The number of aromatic nitrogens is 2. The number of hydrogen-bond acceptors (Lipinski definition) is 5. The lowest BCUT2D eigenvalue weighted by atomic mass is 10.2. The molecule has 1 aromatic heterocycles. The lowest BCUT2D eigenvalue weighted by Gasteiger charge is -2.03. The monoisotopic (exact) mass is 249 g/mol. The molecule has 0 fully saturated rings. The number of benzene rings is 1. The molecule has 2 aromatic rings. The maximum absolute atomic E-state index is 12.1. The summed E-state index contributed by atoms with van der Waals surface area (Å²) in [5.41, 5.74) is 6.32. The minimum Gasteiger partial charge on any atom is -0.326 e. The van der Waals surface area contributed by atoms with E-state index in [0.717, 1.165) is 5.56 Å². The molecule has 0 radical (unpaired) electrons. The van der Waals surface area contributed by atoms with E-state index in [2.05, 4.69) is 9.97 Å². The van der Waals surface area contributed by atoms with Gasteiger partial charge in [-0.15, -0.1) is 0 Å². The van der Waals surface area contributed by atoms with Crippen LogP contribution >= 0.6 is 0 Å². The van der Waals surface area contributed by atoms with Crippen molar-refractivity contribution in [3.63, 3.8) is 0 Å². The zero-order valence-electron chi connectivity index (χ0n) is 8.95. The fourth-order valence-corrected chi connectivity index (χ4v) is 2.44. The van der Waals surface area contributed by atoms with Gasteiger partial charge in [-0.1, -0.05) is 12.1 Å². The van der Waals surface area contributed by atoms with Crippen LogP contribution in [-0.4, -0.2) is 18.4 Å². The van der Waals surface area contributed by atoms with Crippen LogP contribution in [-0.2, 0) is 16.4 Å². The summed E-state index contributed by atoms with van der Waals surface area (Å²) in [6.07, 6.45) is 2.79. The summed E-state index contributed by atoms with van der Waals surface area (Å²) < 4.78 is 24.2. The number of nitrogens with two attached hydrogens (primary N) is 1. The van der Waals surface area contributed by atoms with Crippen LogP contribution < -0.4 is 5.73 Å². The number of hydrogen-bond donors (Lipinski definition) is 1. The van der Waals surface area contributed by atoms with E-state index in [1.807, 2.05) is 0 Å². The lowest BCUT2D eigenvalue weighted by Crippen LogP contribution is -2.07. The highest BCUT2D eigenvalue weighted by molar-refractivity contribution is 7.91. The molecule has 2 N–H and O–H groups in total. The second-order valence-corrected chi connectivity index (χ2v) is 5.23. The molecule has 88 valence electrons. The Balaban J connectivity index is 2.45. The van der Waals surface area contributed by atoms with Crippen molar-refractivity contribution in [1.82, 2.24) is 9.97 Å². The first kappa shape index (κ1) is 11.7. The van der Waals surface area contributed by atoms with E-state index >= 15 is 0 Å². The zero-order chi connectivity index (χ0) is 12.3. The smallest absolute Gasteiger partial charge is 0.251 e. The molecule has 0 unspecified atom stereocenters. The molecular weight excluding hydrogens is 238 g/mol. The van der Waals surface area contributed by atoms with Crippen molar-refractivity contribution in [3.8, 4) is 0 Å². The third-order valence-electron chi connectivity index (χ3n) is 2.25. The number of rotatable bonds is 3. The Bertz CT molecular complexity index is 594. The van der Waals surface area contributed by atoms with Crippen molar-refractivity contribution in [3.05, 3.63) is 48.3 Å². The van der Waals surface area contributed by atoms with E-state index in [-0.39, 0.29) is 10.1 Å². The van der Waals surface area contributed by atoms with Gasteiger partial charge in [0.25, 0.3) is 5.16 Å². The zero-order valence-corrected chi connectivity index (χ0v) is 9.76. The van der Waals surface area contributed by atoms with Gasteiger partial charge in [0.2, 0.25) is 9.84 Å². The highest BCUT2D eigenvalue weighted by Crippen LogP contribution is 2.17. The molecule has 2 rings (SSSR count). The van der Waals surface area contributed by atoms with Crippen molar-refractivity contribution in [1.29, 1.82) is 0 Å². The quantitative estimate of drug-likeness (QED) is 0.812. The molecule has 6 heteroatoms. The summed E-state index contributed by atoms with van der Waals surface area (Å²) in [7, 11) is -3.63. The lowest BCUT2D eigenvalue weighted by molar-refractivity contribution is 0.587. The fourth-order valence-electron chi connectivity index (χ4n) is 1.33. The number of sulfone groups is 1. The topological polar surface area (TPSA) is 85.9 Å². The van der Waals surface area contributed by atoms with E-state index in [1.54, 1.807) is 18.2 Å². The van der Waals surface area contributed by atoms with Crippen LogP contribution in [0.2, 0.25) is 0 Å². The Morgan fingerprint density at radius 3 is 2.18 bits per heavy atom. The third-order valence-corrected chi connectivity index (χ3v) is 3.84. The van der Waals surface area contributed by atoms with Crippen molar-refractivity contribution in [2.45, 2.75) is 16.6 Å².